The normalized spacial score (nSPS) is 11.7. The molecule has 0 saturated carbocycles. The summed E-state index contributed by atoms with van der Waals surface area (Å²) >= 11 is 0. The van der Waals surface area contributed by atoms with E-state index in [4.69, 9.17) is 9.84 Å². The standard InChI is InChI=1S/C13H20O4S/c1-17-11-12-5-7-13(8-6-12)18(15,16)10-4-2-3-9-14/h5-8,14H,2-4,9-11H2,1H3. The lowest BCUT2D eigenvalue weighted by atomic mass is 10.2. The summed E-state index contributed by atoms with van der Waals surface area (Å²) in [6.07, 6.45) is 1.97. The smallest absolute Gasteiger partial charge is 0.178 e. The Balaban J connectivity index is 2.61. The largest absolute Gasteiger partial charge is 0.396 e. The number of rotatable bonds is 8. The third-order valence-electron chi connectivity index (χ3n) is 2.66. The van der Waals surface area contributed by atoms with Crippen LogP contribution in [0, 0.1) is 0 Å². The second kappa shape index (κ2) is 7.51. The third kappa shape index (κ3) is 4.76. The molecular formula is C13H20O4S. The van der Waals surface area contributed by atoms with E-state index in [1.54, 1.807) is 31.4 Å². The molecule has 0 atom stereocenters. The molecule has 0 aliphatic rings. The fourth-order valence-corrected chi connectivity index (χ4v) is 3.03. The number of hydrogen-bond acceptors (Lipinski definition) is 4. The van der Waals surface area contributed by atoms with E-state index in [2.05, 4.69) is 0 Å². The number of ether oxygens (including phenoxy) is 1. The van der Waals surface area contributed by atoms with E-state index in [1.807, 2.05) is 0 Å². The first kappa shape index (κ1) is 15.1. The van der Waals surface area contributed by atoms with Gasteiger partial charge in [0.25, 0.3) is 0 Å². The van der Waals surface area contributed by atoms with Crippen LogP contribution in [0.1, 0.15) is 24.8 Å². The monoisotopic (exact) mass is 272 g/mol. The number of benzene rings is 1. The number of unbranched alkanes of at least 4 members (excludes halogenated alkanes) is 2. The zero-order valence-electron chi connectivity index (χ0n) is 10.6. The van der Waals surface area contributed by atoms with Gasteiger partial charge in [-0.05, 0) is 30.5 Å². The molecule has 0 bridgehead atoms. The number of hydrogen-bond donors (Lipinski definition) is 1. The first-order valence-electron chi connectivity index (χ1n) is 6.01. The van der Waals surface area contributed by atoms with Crippen molar-refractivity contribution in [3.05, 3.63) is 29.8 Å². The molecule has 0 amide bonds. The molecule has 0 radical (unpaired) electrons. The van der Waals surface area contributed by atoms with Crippen LogP contribution >= 0.6 is 0 Å². The molecule has 0 spiro atoms. The maximum absolute atomic E-state index is 12.0. The van der Waals surface area contributed by atoms with Gasteiger partial charge in [0.2, 0.25) is 0 Å². The Hall–Kier alpha value is -0.910. The van der Waals surface area contributed by atoms with Gasteiger partial charge in [0.05, 0.1) is 17.3 Å². The molecule has 0 unspecified atom stereocenters. The van der Waals surface area contributed by atoms with Gasteiger partial charge in [-0.1, -0.05) is 18.6 Å². The van der Waals surface area contributed by atoms with E-state index in [0.717, 1.165) is 12.0 Å². The summed E-state index contributed by atoms with van der Waals surface area (Å²) in [7, 11) is -1.59. The summed E-state index contributed by atoms with van der Waals surface area (Å²) in [4.78, 5) is 0.353. The van der Waals surface area contributed by atoms with Gasteiger partial charge in [-0.15, -0.1) is 0 Å². The fraction of sp³-hybridized carbons (Fsp3) is 0.538. The first-order valence-corrected chi connectivity index (χ1v) is 7.67. The topological polar surface area (TPSA) is 63.6 Å². The lowest BCUT2D eigenvalue weighted by Crippen LogP contribution is -2.07. The van der Waals surface area contributed by atoms with Gasteiger partial charge < -0.3 is 9.84 Å². The Morgan fingerprint density at radius 1 is 1.11 bits per heavy atom. The van der Waals surface area contributed by atoms with Crippen molar-refractivity contribution in [3.63, 3.8) is 0 Å². The van der Waals surface area contributed by atoms with Gasteiger partial charge in [0.15, 0.2) is 9.84 Å². The van der Waals surface area contributed by atoms with Crippen molar-refractivity contribution in [2.75, 3.05) is 19.5 Å². The fourth-order valence-electron chi connectivity index (χ4n) is 1.66. The zero-order chi connectivity index (χ0) is 13.4. The highest BCUT2D eigenvalue weighted by Crippen LogP contribution is 2.14. The molecule has 4 nitrogen and oxygen atoms in total. The van der Waals surface area contributed by atoms with Gasteiger partial charge in [-0.2, -0.15) is 0 Å². The number of sulfone groups is 1. The molecule has 0 aliphatic carbocycles. The molecule has 1 rings (SSSR count). The molecule has 0 heterocycles. The molecule has 0 aromatic heterocycles. The molecule has 1 aromatic carbocycles. The molecule has 18 heavy (non-hydrogen) atoms. The summed E-state index contributed by atoms with van der Waals surface area (Å²) in [6, 6.07) is 6.78. The van der Waals surface area contributed by atoms with E-state index < -0.39 is 9.84 Å². The minimum absolute atomic E-state index is 0.117. The van der Waals surface area contributed by atoms with E-state index >= 15 is 0 Å². The van der Waals surface area contributed by atoms with Crippen molar-refractivity contribution in [1.29, 1.82) is 0 Å². The van der Waals surface area contributed by atoms with Gasteiger partial charge in [0, 0.05) is 13.7 Å². The number of aliphatic hydroxyl groups is 1. The van der Waals surface area contributed by atoms with Gasteiger partial charge in [0.1, 0.15) is 0 Å². The second-order valence-corrected chi connectivity index (χ2v) is 6.29. The van der Waals surface area contributed by atoms with Gasteiger partial charge >= 0.3 is 0 Å². The Labute approximate surface area is 109 Å². The Bertz CT molecular complexity index is 437. The molecule has 0 aliphatic heterocycles. The predicted octanol–water partition coefficient (Wildman–Crippen LogP) is 1.77. The summed E-state index contributed by atoms with van der Waals surface area (Å²) in [5, 5.41) is 8.63. The van der Waals surface area contributed by atoms with Gasteiger partial charge in [-0.25, -0.2) is 8.42 Å². The van der Waals surface area contributed by atoms with Crippen molar-refractivity contribution in [3.8, 4) is 0 Å². The van der Waals surface area contributed by atoms with Gasteiger partial charge in [-0.3, -0.25) is 0 Å². The maximum Gasteiger partial charge on any atom is 0.178 e. The molecule has 0 fully saturated rings. The quantitative estimate of drug-likeness (QED) is 0.733. The van der Waals surface area contributed by atoms with Crippen LogP contribution in [0.3, 0.4) is 0 Å². The predicted molar refractivity (Wildman–Crippen MR) is 70.1 cm³/mol. The molecule has 0 saturated heterocycles. The molecule has 1 N–H and O–H groups in total. The van der Waals surface area contributed by atoms with Crippen LogP contribution in [0.5, 0.6) is 0 Å². The minimum Gasteiger partial charge on any atom is -0.396 e. The second-order valence-electron chi connectivity index (χ2n) is 4.18. The average molecular weight is 272 g/mol. The maximum atomic E-state index is 12.0. The molecule has 1 aromatic rings. The summed E-state index contributed by atoms with van der Waals surface area (Å²) in [5.41, 5.74) is 0.955. The van der Waals surface area contributed by atoms with E-state index in [1.165, 1.54) is 0 Å². The summed E-state index contributed by atoms with van der Waals surface area (Å²) in [5.74, 6) is 0.136. The lowest BCUT2D eigenvalue weighted by molar-refractivity contribution is 0.185. The summed E-state index contributed by atoms with van der Waals surface area (Å²) in [6.45, 7) is 0.600. The number of aliphatic hydroxyl groups excluding tert-OH is 1. The van der Waals surface area contributed by atoms with Crippen LogP contribution in [-0.4, -0.2) is 33.0 Å². The van der Waals surface area contributed by atoms with Crippen molar-refractivity contribution < 1.29 is 18.3 Å². The van der Waals surface area contributed by atoms with Crippen LogP contribution in [0.4, 0.5) is 0 Å². The van der Waals surface area contributed by atoms with Crippen molar-refractivity contribution in [1.82, 2.24) is 0 Å². The molecular weight excluding hydrogens is 252 g/mol. The Morgan fingerprint density at radius 3 is 2.33 bits per heavy atom. The number of methoxy groups -OCH3 is 1. The highest BCUT2D eigenvalue weighted by Gasteiger charge is 2.13. The molecule has 5 heteroatoms. The third-order valence-corrected chi connectivity index (χ3v) is 4.48. The van der Waals surface area contributed by atoms with E-state index in [0.29, 0.717) is 24.3 Å². The van der Waals surface area contributed by atoms with Crippen LogP contribution < -0.4 is 0 Å². The van der Waals surface area contributed by atoms with Crippen LogP contribution in [-0.2, 0) is 21.2 Å². The highest BCUT2D eigenvalue weighted by atomic mass is 32.2. The highest BCUT2D eigenvalue weighted by molar-refractivity contribution is 7.91. The van der Waals surface area contributed by atoms with E-state index in [-0.39, 0.29) is 12.4 Å². The minimum atomic E-state index is -3.19. The van der Waals surface area contributed by atoms with E-state index in [9.17, 15) is 8.42 Å². The SMILES string of the molecule is COCc1ccc(S(=O)(=O)CCCCCO)cc1. The van der Waals surface area contributed by atoms with Crippen molar-refractivity contribution >= 4 is 9.84 Å². The van der Waals surface area contributed by atoms with Crippen molar-refractivity contribution in [2.45, 2.75) is 30.8 Å². The summed E-state index contributed by atoms with van der Waals surface area (Å²) < 4.78 is 28.9. The van der Waals surface area contributed by atoms with Crippen LogP contribution in [0.15, 0.2) is 29.2 Å². The lowest BCUT2D eigenvalue weighted by Gasteiger charge is -2.05. The first-order chi connectivity index (χ1) is 8.60. The van der Waals surface area contributed by atoms with Crippen LogP contribution in [0.2, 0.25) is 0 Å². The Kier molecular flexibility index (Phi) is 6.32. The zero-order valence-corrected chi connectivity index (χ0v) is 11.4. The Morgan fingerprint density at radius 2 is 1.78 bits per heavy atom. The molecule has 102 valence electrons. The van der Waals surface area contributed by atoms with Crippen molar-refractivity contribution in [2.24, 2.45) is 0 Å². The van der Waals surface area contributed by atoms with Crippen LogP contribution in [0.25, 0.3) is 0 Å². The average Bonchev–Trinajstić information content (AvgIpc) is 2.36.